The van der Waals surface area contributed by atoms with Crippen LogP contribution in [-0.4, -0.2) is 10.5 Å². The predicted octanol–water partition coefficient (Wildman–Crippen LogP) is 7.05. The number of hydrogen-bond acceptors (Lipinski definition) is 1. The molecule has 6 heteroatoms. The van der Waals surface area contributed by atoms with Gasteiger partial charge in [0.1, 0.15) is 5.82 Å². The minimum Gasteiger partial charge on any atom is -0.366 e. The van der Waals surface area contributed by atoms with Gasteiger partial charge in [0, 0.05) is 37.5 Å². The van der Waals surface area contributed by atoms with Gasteiger partial charge in [0.25, 0.3) is 0 Å². The van der Waals surface area contributed by atoms with E-state index in [9.17, 15) is 9.18 Å². The molecule has 1 heterocycles. The number of carbonyl (C=O) groups excluding carboxylic acids is 1. The number of fused-ring (bicyclic) bond motifs is 3. The van der Waals surface area contributed by atoms with Crippen LogP contribution in [0.1, 0.15) is 15.9 Å². The number of benzene rings is 4. The quantitative estimate of drug-likeness (QED) is 0.305. The monoisotopic (exact) mass is 462 g/mol. The fraction of sp³-hybridized carbons (Fsp3) is 0.0385. The van der Waals surface area contributed by atoms with Crippen LogP contribution in [0.4, 0.5) is 4.39 Å². The molecule has 0 saturated carbocycles. The molecule has 3 nitrogen and oxygen atoms in total. The second kappa shape index (κ2) is 7.97. The van der Waals surface area contributed by atoms with Crippen LogP contribution in [0.5, 0.6) is 0 Å². The molecule has 0 unspecified atom stereocenters. The van der Waals surface area contributed by atoms with Gasteiger partial charge in [-0.05, 0) is 42.0 Å². The maximum atomic E-state index is 14.5. The number of aromatic nitrogens is 1. The number of primary amides is 1. The maximum absolute atomic E-state index is 14.5. The van der Waals surface area contributed by atoms with Gasteiger partial charge in [0.2, 0.25) is 5.91 Å². The highest BCUT2D eigenvalue weighted by atomic mass is 35.5. The zero-order chi connectivity index (χ0) is 22.4. The van der Waals surface area contributed by atoms with E-state index < -0.39 is 5.91 Å². The van der Waals surface area contributed by atoms with Crippen molar-refractivity contribution in [2.24, 2.45) is 5.73 Å². The second-order valence-corrected chi connectivity index (χ2v) is 8.44. The number of rotatable bonds is 4. The van der Waals surface area contributed by atoms with Crippen LogP contribution in [-0.2, 0) is 6.54 Å². The van der Waals surface area contributed by atoms with Gasteiger partial charge in [0.05, 0.1) is 17.6 Å². The largest absolute Gasteiger partial charge is 0.366 e. The van der Waals surface area contributed by atoms with Crippen LogP contribution in [0.15, 0.2) is 78.9 Å². The molecular formula is C26H17Cl2FN2O. The van der Waals surface area contributed by atoms with Crippen molar-refractivity contribution in [3.05, 3.63) is 106 Å². The molecule has 0 saturated heterocycles. The van der Waals surface area contributed by atoms with Crippen molar-refractivity contribution in [3.63, 3.8) is 0 Å². The van der Waals surface area contributed by atoms with Crippen molar-refractivity contribution >= 4 is 50.9 Å². The zero-order valence-corrected chi connectivity index (χ0v) is 18.3. The predicted molar refractivity (Wildman–Crippen MR) is 129 cm³/mol. The Kier molecular flexibility index (Phi) is 5.12. The number of carbonyl (C=O) groups is 1. The molecule has 0 bridgehead atoms. The maximum Gasteiger partial charge on any atom is 0.249 e. The third kappa shape index (κ3) is 3.42. The van der Waals surface area contributed by atoms with E-state index in [1.807, 2.05) is 34.9 Å². The smallest absolute Gasteiger partial charge is 0.249 e. The number of amides is 1. The van der Waals surface area contributed by atoms with Crippen molar-refractivity contribution < 1.29 is 9.18 Å². The Morgan fingerprint density at radius 3 is 2.47 bits per heavy atom. The first-order chi connectivity index (χ1) is 15.4. The topological polar surface area (TPSA) is 48.0 Å². The lowest BCUT2D eigenvalue weighted by atomic mass is 10.0. The summed E-state index contributed by atoms with van der Waals surface area (Å²) in [7, 11) is 0. The molecule has 0 radical (unpaired) electrons. The summed E-state index contributed by atoms with van der Waals surface area (Å²) in [5.74, 6) is -0.796. The zero-order valence-electron chi connectivity index (χ0n) is 16.8. The molecular weight excluding hydrogens is 446 g/mol. The molecule has 158 valence electrons. The van der Waals surface area contributed by atoms with Gasteiger partial charge in [-0.15, -0.1) is 0 Å². The number of hydrogen-bond donors (Lipinski definition) is 1. The summed E-state index contributed by atoms with van der Waals surface area (Å²) >= 11 is 12.5. The van der Waals surface area contributed by atoms with Crippen LogP contribution < -0.4 is 5.73 Å². The molecule has 4 aromatic carbocycles. The van der Waals surface area contributed by atoms with E-state index >= 15 is 0 Å². The Hall–Kier alpha value is -3.34. The molecule has 5 rings (SSSR count). The van der Waals surface area contributed by atoms with Crippen LogP contribution in [0.2, 0.25) is 10.0 Å². The average molecular weight is 463 g/mol. The first-order valence-electron chi connectivity index (χ1n) is 9.97. The Morgan fingerprint density at radius 1 is 0.906 bits per heavy atom. The van der Waals surface area contributed by atoms with E-state index in [-0.39, 0.29) is 5.82 Å². The first kappa shape index (κ1) is 20.6. The molecule has 5 aromatic rings. The first-order valence-corrected chi connectivity index (χ1v) is 10.7. The lowest BCUT2D eigenvalue weighted by Crippen LogP contribution is -2.11. The Bertz CT molecular complexity index is 1520. The normalized spacial score (nSPS) is 11.3. The fourth-order valence-corrected chi connectivity index (χ4v) is 4.73. The number of halogens is 3. The summed E-state index contributed by atoms with van der Waals surface area (Å²) in [6.07, 6.45) is 0. The van der Waals surface area contributed by atoms with Gasteiger partial charge in [-0.1, -0.05) is 65.7 Å². The lowest BCUT2D eigenvalue weighted by Gasteiger charge is -2.10. The minimum atomic E-state index is -0.509. The molecule has 32 heavy (non-hydrogen) atoms. The highest BCUT2D eigenvalue weighted by molar-refractivity contribution is 6.36. The highest BCUT2D eigenvalue weighted by Gasteiger charge is 2.18. The molecule has 0 spiro atoms. The van der Waals surface area contributed by atoms with Crippen LogP contribution in [0.3, 0.4) is 0 Å². The van der Waals surface area contributed by atoms with Gasteiger partial charge >= 0.3 is 0 Å². The molecule has 1 aromatic heterocycles. The van der Waals surface area contributed by atoms with Gasteiger partial charge in [-0.2, -0.15) is 0 Å². The van der Waals surface area contributed by atoms with Gasteiger partial charge in [-0.25, -0.2) is 4.39 Å². The number of nitrogens with zero attached hydrogens (tertiary/aromatic N) is 1. The van der Waals surface area contributed by atoms with E-state index in [1.54, 1.807) is 42.5 Å². The van der Waals surface area contributed by atoms with Crippen LogP contribution in [0, 0.1) is 5.82 Å². The third-order valence-electron chi connectivity index (χ3n) is 5.69. The van der Waals surface area contributed by atoms with Crippen LogP contribution >= 0.6 is 23.2 Å². The molecule has 0 aliphatic heterocycles. The molecule has 0 atom stereocenters. The summed E-state index contributed by atoms with van der Waals surface area (Å²) in [6.45, 7) is 0.298. The Labute approximate surface area is 193 Å². The van der Waals surface area contributed by atoms with Crippen molar-refractivity contribution in [1.82, 2.24) is 4.57 Å². The van der Waals surface area contributed by atoms with Crippen molar-refractivity contribution in [2.45, 2.75) is 6.54 Å². The van der Waals surface area contributed by atoms with Gasteiger partial charge in [0.15, 0.2) is 0 Å². The van der Waals surface area contributed by atoms with Crippen molar-refractivity contribution in [1.29, 1.82) is 0 Å². The fourth-order valence-electron chi connectivity index (χ4n) is 4.21. The summed E-state index contributed by atoms with van der Waals surface area (Å²) < 4.78 is 16.5. The molecule has 1 amide bonds. The second-order valence-electron chi connectivity index (χ2n) is 7.60. The van der Waals surface area contributed by atoms with Crippen molar-refractivity contribution in [3.8, 4) is 11.1 Å². The summed E-state index contributed by atoms with van der Waals surface area (Å²) in [6, 6.07) is 23.3. The molecule has 0 fully saturated rings. The van der Waals surface area contributed by atoms with E-state index in [4.69, 9.17) is 28.9 Å². The van der Waals surface area contributed by atoms with E-state index in [0.717, 1.165) is 32.9 Å². The SMILES string of the molecule is NC(=O)c1cccc2c1c1ccc(-c3ccc(Cl)cc3Cl)cc1n2Cc1ccccc1F. The third-order valence-corrected chi connectivity index (χ3v) is 6.23. The lowest BCUT2D eigenvalue weighted by molar-refractivity contribution is 0.100. The van der Waals surface area contributed by atoms with Crippen LogP contribution in [0.25, 0.3) is 32.9 Å². The average Bonchev–Trinajstić information content (AvgIpc) is 3.08. The molecule has 2 N–H and O–H groups in total. The minimum absolute atomic E-state index is 0.287. The van der Waals surface area contributed by atoms with E-state index in [1.165, 1.54) is 6.07 Å². The van der Waals surface area contributed by atoms with Crippen molar-refractivity contribution in [2.75, 3.05) is 0 Å². The molecule has 0 aliphatic carbocycles. The summed E-state index contributed by atoms with van der Waals surface area (Å²) in [4.78, 5) is 12.2. The Morgan fingerprint density at radius 2 is 1.72 bits per heavy atom. The van der Waals surface area contributed by atoms with Gasteiger partial charge in [-0.3, -0.25) is 4.79 Å². The number of nitrogens with two attached hydrogens (primary N) is 1. The van der Waals surface area contributed by atoms with E-state index in [0.29, 0.717) is 27.7 Å². The van der Waals surface area contributed by atoms with E-state index in [2.05, 4.69) is 0 Å². The Balaban J connectivity index is 1.82. The highest BCUT2D eigenvalue weighted by Crippen LogP contribution is 2.37. The van der Waals surface area contributed by atoms with Gasteiger partial charge < -0.3 is 10.3 Å². The molecule has 0 aliphatic rings. The standard InChI is InChI=1S/C26H17Cl2FN2O/c27-17-9-11-18(21(28)13-17)15-8-10-19-24(12-15)31(14-16-4-1-2-6-22(16)29)23-7-3-5-20(25(19)23)26(30)32/h1-13H,14H2,(H2,30,32). The summed E-state index contributed by atoms with van der Waals surface area (Å²) in [5.41, 5.74) is 10.0. The summed E-state index contributed by atoms with van der Waals surface area (Å²) in [5, 5.41) is 2.70.